The van der Waals surface area contributed by atoms with Crippen molar-refractivity contribution in [3.63, 3.8) is 0 Å². The van der Waals surface area contributed by atoms with E-state index in [9.17, 15) is 9.59 Å². The van der Waals surface area contributed by atoms with Gasteiger partial charge in [0.2, 0.25) is 11.8 Å². The molecule has 0 fully saturated rings. The van der Waals surface area contributed by atoms with Gasteiger partial charge >= 0.3 is 0 Å². The zero-order chi connectivity index (χ0) is 22.8. The Morgan fingerprint density at radius 2 is 1.74 bits per heavy atom. The molecular formula is C23H27Cl3N2O2S. The van der Waals surface area contributed by atoms with E-state index in [-0.39, 0.29) is 11.8 Å². The van der Waals surface area contributed by atoms with Gasteiger partial charge in [-0.2, -0.15) is 0 Å². The van der Waals surface area contributed by atoms with Crippen LogP contribution >= 0.6 is 46.6 Å². The van der Waals surface area contributed by atoms with Gasteiger partial charge in [-0.25, -0.2) is 0 Å². The lowest BCUT2D eigenvalue weighted by molar-refractivity contribution is -0.141. The Morgan fingerprint density at radius 3 is 2.35 bits per heavy atom. The van der Waals surface area contributed by atoms with Crippen molar-refractivity contribution in [3.05, 3.63) is 63.1 Å². The van der Waals surface area contributed by atoms with Crippen LogP contribution in [0.4, 0.5) is 0 Å². The van der Waals surface area contributed by atoms with Gasteiger partial charge in [0, 0.05) is 35.2 Å². The standard InChI is InChI=1S/C23H27Cl3N2O2S/c1-3-12-27-23(30)21(4-2)28(15-16-5-10-19(25)20(26)14-16)22(29)11-13-31-18-8-6-17(24)7-9-18/h5-10,14,21H,3-4,11-13,15H2,1-2H3,(H,27,30)/t21-/m0/s1. The fourth-order valence-corrected chi connectivity index (χ4v) is 4.34. The summed E-state index contributed by atoms with van der Waals surface area (Å²) in [5.74, 6) is 0.389. The molecule has 1 atom stereocenters. The minimum absolute atomic E-state index is 0.0777. The van der Waals surface area contributed by atoms with Crippen molar-refractivity contribution in [2.75, 3.05) is 12.3 Å². The molecule has 0 saturated heterocycles. The highest BCUT2D eigenvalue weighted by Gasteiger charge is 2.28. The maximum absolute atomic E-state index is 13.2. The molecule has 2 amide bonds. The number of carbonyl (C=O) groups excluding carboxylic acids is 2. The van der Waals surface area contributed by atoms with E-state index < -0.39 is 6.04 Å². The number of rotatable bonds is 11. The lowest BCUT2D eigenvalue weighted by Gasteiger charge is -2.30. The van der Waals surface area contributed by atoms with Crippen molar-refractivity contribution in [3.8, 4) is 0 Å². The van der Waals surface area contributed by atoms with Crippen molar-refractivity contribution in [2.24, 2.45) is 0 Å². The minimum Gasteiger partial charge on any atom is -0.354 e. The lowest BCUT2D eigenvalue weighted by Crippen LogP contribution is -2.49. The summed E-state index contributed by atoms with van der Waals surface area (Å²) in [4.78, 5) is 28.6. The molecule has 0 unspecified atom stereocenters. The van der Waals surface area contributed by atoms with Crippen LogP contribution < -0.4 is 5.32 Å². The first-order valence-electron chi connectivity index (χ1n) is 10.2. The Hall–Kier alpha value is -1.40. The zero-order valence-electron chi connectivity index (χ0n) is 17.7. The smallest absolute Gasteiger partial charge is 0.242 e. The topological polar surface area (TPSA) is 49.4 Å². The van der Waals surface area contributed by atoms with Crippen molar-refractivity contribution < 1.29 is 9.59 Å². The minimum atomic E-state index is -0.547. The normalized spacial score (nSPS) is 11.8. The predicted molar refractivity (Wildman–Crippen MR) is 131 cm³/mol. The van der Waals surface area contributed by atoms with Crippen LogP contribution in [0.1, 0.15) is 38.7 Å². The maximum atomic E-state index is 13.2. The molecule has 0 aromatic heterocycles. The van der Waals surface area contributed by atoms with Gasteiger partial charge in [-0.1, -0.05) is 54.7 Å². The van der Waals surface area contributed by atoms with Crippen LogP contribution in [0.15, 0.2) is 47.4 Å². The molecule has 0 radical (unpaired) electrons. The third-order valence-electron chi connectivity index (χ3n) is 4.67. The summed E-state index contributed by atoms with van der Waals surface area (Å²) < 4.78 is 0. The molecule has 168 valence electrons. The van der Waals surface area contributed by atoms with Crippen molar-refractivity contribution in [1.29, 1.82) is 0 Å². The summed E-state index contributed by atoms with van der Waals surface area (Å²) in [7, 11) is 0. The second kappa shape index (κ2) is 13.2. The second-order valence-electron chi connectivity index (χ2n) is 7.04. The van der Waals surface area contributed by atoms with Crippen molar-refractivity contribution in [2.45, 2.75) is 50.6 Å². The van der Waals surface area contributed by atoms with Crippen LogP contribution in [0, 0.1) is 0 Å². The summed E-state index contributed by atoms with van der Waals surface area (Å²) in [5, 5.41) is 4.47. The van der Waals surface area contributed by atoms with Crippen molar-refractivity contribution >= 4 is 58.4 Å². The molecule has 0 saturated carbocycles. The zero-order valence-corrected chi connectivity index (χ0v) is 20.8. The van der Waals surface area contributed by atoms with Gasteiger partial charge in [0.1, 0.15) is 6.04 Å². The number of halogens is 3. The van der Waals surface area contributed by atoms with Gasteiger partial charge in [0.15, 0.2) is 0 Å². The molecule has 8 heteroatoms. The highest BCUT2D eigenvalue weighted by Crippen LogP contribution is 2.25. The molecule has 2 aromatic carbocycles. The van der Waals surface area contributed by atoms with Gasteiger partial charge < -0.3 is 10.2 Å². The van der Waals surface area contributed by atoms with E-state index in [2.05, 4.69) is 5.32 Å². The van der Waals surface area contributed by atoms with E-state index in [0.717, 1.165) is 16.9 Å². The Bertz CT molecular complexity index is 878. The predicted octanol–water partition coefficient (Wildman–Crippen LogP) is 6.46. The molecule has 0 spiro atoms. The third kappa shape index (κ3) is 8.23. The van der Waals surface area contributed by atoms with Gasteiger partial charge in [0.05, 0.1) is 10.0 Å². The number of nitrogens with one attached hydrogen (secondary N) is 1. The molecule has 2 aromatic rings. The Labute approximate surface area is 203 Å². The Morgan fingerprint density at radius 1 is 1.03 bits per heavy atom. The monoisotopic (exact) mass is 500 g/mol. The highest BCUT2D eigenvalue weighted by molar-refractivity contribution is 7.99. The number of hydrogen-bond acceptors (Lipinski definition) is 3. The fourth-order valence-electron chi connectivity index (χ4n) is 3.05. The van der Waals surface area contributed by atoms with E-state index in [4.69, 9.17) is 34.8 Å². The summed E-state index contributed by atoms with van der Waals surface area (Å²) in [5.41, 5.74) is 0.829. The van der Waals surface area contributed by atoms with Crippen LogP contribution in [0.5, 0.6) is 0 Å². The van der Waals surface area contributed by atoms with Gasteiger partial charge in [-0.3, -0.25) is 9.59 Å². The first kappa shape index (κ1) is 25.9. The van der Waals surface area contributed by atoms with Gasteiger partial charge in [-0.15, -0.1) is 11.8 Å². The number of hydrogen-bond donors (Lipinski definition) is 1. The maximum Gasteiger partial charge on any atom is 0.242 e. The number of thioether (sulfide) groups is 1. The summed E-state index contributed by atoms with van der Waals surface area (Å²) >= 11 is 19.7. The van der Waals surface area contributed by atoms with E-state index in [0.29, 0.717) is 46.8 Å². The highest BCUT2D eigenvalue weighted by atomic mass is 35.5. The quantitative estimate of drug-likeness (QED) is 0.359. The number of nitrogens with zero attached hydrogens (tertiary/aromatic N) is 1. The third-order valence-corrected chi connectivity index (χ3v) is 6.68. The van der Waals surface area contributed by atoms with E-state index in [1.54, 1.807) is 28.8 Å². The summed E-state index contributed by atoms with van der Waals surface area (Å²) in [6.45, 7) is 4.78. The number of benzene rings is 2. The first-order chi connectivity index (χ1) is 14.8. The van der Waals surface area contributed by atoms with Gasteiger partial charge in [0.25, 0.3) is 0 Å². The molecule has 0 aliphatic rings. The SMILES string of the molecule is CCCNC(=O)[C@H](CC)N(Cc1ccc(Cl)c(Cl)c1)C(=O)CCSc1ccc(Cl)cc1. The molecule has 31 heavy (non-hydrogen) atoms. The van der Waals surface area contributed by atoms with E-state index >= 15 is 0 Å². The number of carbonyl (C=O) groups is 2. The number of amides is 2. The second-order valence-corrected chi connectivity index (χ2v) is 9.46. The van der Waals surface area contributed by atoms with Crippen LogP contribution in [-0.4, -0.2) is 35.1 Å². The molecule has 1 N–H and O–H groups in total. The van der Waals surface area contributed by atoms with Crippen LogP contribution in [0.3, 0.4) is 0 Å². The molecule has 0 aliphatic carbocycles. The Kier molecular flexibility index (Phi) is 11.0. The molecule has 0 bridgehead atoms. The molecule has 0 aliphatic heterocycles. The fraction of sp³-hybridized carbons (Fsp3) is 0.391. The van der Waals surface area contributed by atoms with E-state index in [1.165, 1.54) is 0 Å². The Balaban J connectivity index is 2.13. The van der Waals surface area contributed by atoms with Crippen molar-refractivity contribution in [1.82, 2.24) is 10.2 Å². The van der Waals surface area contributed by atoms with Crippen LogP contribution in [0.25, 0.3) is 0 Å². The van der Waals surface area contributed by atoms with Crippen LogP contribution in [-0.2, 0) is 16.1 Å². The molecule has 2 rings (SSSR count). The molecule has 4 nitrogen and oxygen atoms in total. The molecule has 0 heterocycles. The van der Waals surface area contributed by atoms with Gasteiger partial charge in [-0.05, 0) is 54.8 Å². The van der Waals surface area contributed by atoms with E-state index in [1.807, 2.05) is 44.2 Å². The lowest BCUT2D eigenvalue weighted by atomic mass is 10.1. The summed E-state index contributed by atoms with van der Waals surface area (Å²) in [6, 6.07) is 12.2. The van der Waals surface area contributed by atoms with Crippen LogP contribution in [0.2, 0.25) is 15.1 Å². The average Bonchev–Trinajstić information content (AvgIpc) is 2.75. The average molecular weight is 502 g/mol. The molecular weight excluding hydrogens is 475 g/mol. The summed E-state index contributed by atoms with van der Waals surface area (Å²) in [6.07, 6.45) is 1.67. The first-order valence-corrected chi connectivity index (χ1v) is 12.4. The largest absolute Gasteiger partial charge is 0.354 e.